The number of amides is 1. The van der Waals surface area contributed by atoms with Gasteiger partial charge >= 0.3 is 22.2 Å². The van der Waals surface area contributed by atoms with Gasteiger partial charge in [-0.2, -0.15) is 13.5 Å². The summed E-state index contributed by atoms with van der Waals surface area (Å²) >= 11 is 0. The summed E-state index contributed by atoms with van der Waals surface area (Å²) in [5.41, 5.74) is 3.38. The van der Waals surface area contributed by atoms with Crippen molar-refractivity contribution < 1.29 is 36.2 Å². The molecule has 34 heavy (non-hydrogen) atoms. The molecule has 1 aromatic carbocycles. The molecule has 1 aliphatic rings. The van der Waals surface area contributed by atoms with Crippen LogP contribution in [0.4, 0.5) is 3.89 Å². The number of benzene rings is 1. The van der Waals surface area contributed by atoms with Gasteiger partial charge in [0.25, 0.3) is 5.91 Å². The smallest absolute Gasteiger partial charge is 0.328 e. The summed E-state index contributed by atoms with van der Waals surface area (Å²) in [5.74, 6) is -1.73. The Bertz CT molecular complexity index is 1210. The largest absolute Gasteiger partial charge is 0.469 e. The van der Waals surface area contributed by atoms with Crippen molar-refractivity contribution in [3.05, 3.63) is 46.8 Å². The summed E-state index contributed by atoms with van der Waals surface area (Å²) < 4.78 is 47.3. The van der Waals surface area contributed by atoms with Gasteiger partial charge in [-0.25, -0.2) is 9.48 Å². The van der Waals surface area contributed by atoms with E-state index in [4.69, 9.17) is 4.74 Å². The molecule has 3 rings (SSSR count). The number of hydrogen-bond acceptors (Lipinski definition) is 8. The molecular weight excluding hydrogens is 469 g/mol. The zero-order valence-electron chi connectivity index (χ0n) is 19.3. The highest BCUT2D eigenvalue weighted by Gasteiger charge is 2.45. The van der Waals surface area contributed by atoms with E-state index in [1.165, 1.54) is 19.2 Å². The Morgan fingerprint density at radius 2 is 1.76 bits per heavy atom. The Kier molecular flexibility index (Phi) is 7.39. The van der Waals surface area contributed by atoms with Gasteiger partial charge in [-0.15, -0.1) is 3.89 Å². The van der Waals surface area contributed by atoms with Crippen LogP contribution in [-0.4, -0.2) is 73.0 Å². The number of rotatable bonds is 7. The number of carbonyl (C=O) groups excluding carboxylic acids is 3. The van der Waals surface area contributed by atoms with Crippen LogP contribution >= 0.6 is 0 Å². The molecule has 1 aliphatic heterocycles. The number of esters is 2. The van der Waals surface area contributed by atoms with Crippen LogP contribution in [0.1, 0.15) is 40.2 Å². The molecule has 2 atom stereocenters. The molecule has 2 aromatic rings. The van der Waals surface area contributed by atoms with Crippen LogP contribution in [0.2, 0.25) is 0 Å². The fraction of sp³-hybridized carbons (Fsp3) is 0.455. The highest BCUT2D eigenvalue weighted by atomic mass is 32.3. The van der Waals surface area contributed by atoms with Gasteiger partial charge in [-0.1, -0.05) is 0 Å². The van der Waals surface area contributed by atoms with E-state index in [9.17, 15) is 26.7 Å². The number of nitrogens with zero attached hydrogens (tertiary/aromatic N) is 3. The van der Waals surface area contributed by atoms with Crippen LogP contribution in [-0.2, 0) is 35.7 Å². The number of aryl methyl sites for hydroxylation is 1. The van der Waals surface area contributed by atoms with Gasteiger partial charge in [0.2, 0.25) is 0 Å². The Labute approximate surface area is 196 Å². The van der Waals surface area contributed by atoms with Gasteiger partial charge in [0.05, 0.1) is 25.6 Å². The molecule has 184 valence electrons. The summed E-state index contributed by atoms with van der Waals surface area (Å²) in [6, 6.07) is 5.16. The highest BCUT2D eigenvalue weighted by molar-refractivity contribution is 7.87. The lowest BCUT2D eigenvalue weighted by atomic mass is 10.1. The SMILES string of the molecule is COC(=O)CCc1c(C)nn(-c2ccc(C(=O)N3CC(S(=O)(=O)F)CC3C(=O)OC)cc2)c1C. The zero-order valence-corrected chi connectivity index (χ0v) is 20.1. The van der Waals surface area contributed by atoms with E-state index in [0.717, 1.165) is 29.0 Å². The molecule has 10 nitrogen and oxygen atoms in total. The summed E-state index contributed by atoms with van der Waals surface area (Å²) in [7, 11) is -2.48. The highest BCUT2D eigenvalue weighted by Crippen LogP contribution is 2.27. The third-order valence-electron chi connectivity index (χ3n) is 6.00. The number of aromatic nitrogens is 2. The van der Waals surface area contributed by atoms with Crippen molar-refractivity contribution in [2.24, 2.45) is 0 Å². The minimum atomic E-state index is -4.93. The monoisotopic (exact) mass is 495 g/mol. The lowest BCUT2D eigenvalue weighted by Crippen LogP contribution is -2.41. The van der Waals surface area contributed by atoms with E-state index in [-0.39, 0.29) is 24.4 Å². The maximum absolute atomic E-state index is 13.6. The minimum absolute atomic E-state index is 0.196. The predicted molar refractivity (Wildman–Crippen MR) is 119 cm³/mol. The minimum Gasteiger partial charge on any atom is -0.469 e. The first-order valence-electron chi connectivity index (χ1n) is 10.5. The van der Waals surface area contributed by atoms with Gasteiger partial charge in [0.1, 0.15) is 11.3 Å². The molecule has 0 radical (unpaired) electrons. The number of ether oxygens (including phenoxy) is 2. The van der Waals surface area contributed by atoms with Crippen molar-refractivity contribution >= 4 is 28.1 Å². The second-order valence-corrected chi connectivity index (χ2v) is 9.63. The summed E-state index contributed by atoms with van der Waals surface area (Å²) in [4.78, 5) is 37.6. The second-order valence-electron chi connectivity index (χ2n) is 8.01. The number of hydrogen-bond donors (Lipinski definition) is 0. The van der Waals surface area contributed by atoms with Crippen LogP contribution in [0.15, 0.2) is 24.3 Å². The third-order valence-corrected chi connectivity index (χ3v) is 7.14. The van der Waals surface area contributed by atoms with Crippen LogP contribution in [0, 0.1) is 13.8 Å². The summed E-state index contributed by atoms with van der Waals surface area (Å²) in [5, 5.41) is 3.03. The van der Waals surface area contributed by atoms with Gasteiger partial charge < -0.3 is 14.4 Å². The Hall–Kier alpha value is -3.28. The lowest BCUT2D eigenvalue weighted by molar-refractivity contribution is -0.145. The predicted octanol–water partition coefficient (Wildman–Crippen LogP) is 1.65. The number of halogens is 1. The first-order valence-corrected chi connectivity index (χ1v) is 12.0. The molecule has 12 heteroatoms. The van der Waals surface area contributed by atoms with E-state index in [0.29, 0.717) is 12.1 Å². The molecule has 2 heterocycles. The summed E-state index contributed by atoms with van der Waals surface area (Å²) in [6.45, 7) is 3.26. The molecule has 0 bridgehead atoms. The molecule has 1 fully saturated rings. The first-order chi connectivity index (χ1) is 16.0. The van der Waals surface area contributed by atoms with Gasteiger partial charge in [0.15, 0.2) is 0 Å². The van der Waals surface area contributed by atoms with E-state index >= 15 is 0 Å². The molecular formula is C22H26FN3O7S. The quantitative estimate of drug-likeness (QED) is 0.419. The van der Waals surface area contributed by atoms with E-state index in [1.54, 1.807) is 16.8 Å². The van der Waals surface area contributed by atoms with E-state index < -0.39 is 39.9 Å². The number of likely N-dealkylation sites (tertiary alicyclic amines) is 1. The zero-order chi connectivity index (χ0) is 25.2. The number of carbonyl (C=O) groups is 3. The Morgan fingerprint density at radius 3 is 2.32 bits per heavy atom. The molecule has 0 spiro atoms. The molecule has 1 amide bonds. The molecule has 2 unspecified atom stereocenters. The molecule has 1 saturated heterocycles. The van der Waals surface area contributed by atoms with E-state index in [1.807, 2.05) is 13.8 Å². The van der Waals surface area contributed by atoms with Crippen LogP contribution in [0.25, 0.3) is 5.69 Å². The topological polar surface area (TPSA) is 125 Å². The van der Waals surface area contributed by atoms with E-state index in [2.05, 4.69) is 9.84 Å². The maximum atomic E-state index is 13.6. The van der Waals surface area contributed by atoms with Crippen LogP contribution in [0.3, 0.4) is 0 Å². The fourth-order valence-electron chi connectivity index (χ4n) is 4.11. The van der Waals surface area contributed by atoms with Crippen molar-refractivity contribution in [3.63, 3.8) is 0 Å². The third kappa shape index (κ3) is 5.11. The molecule has 0 N–H and O–H groups in total. The fourth-order valence-corrected chi connectivity index (χ4v) is 4.86. The van der Waals surface area contributed by atoms with Crippen LogP contribution < -0.4 is 0 Å². The van der Waals surface area contributed by atoms with Crippen molar-refractivity contribution in [2.75, 3.05) is 20.8 Å². The first kappa shape index (κ1) is 25.3. The van der Waals surface area contributed by atoms with Gasteiger partial charge in [0, 0.05) is 24.2 Å². The average Bonchev–Trinajstić information content (AvgIpc) is 3.38. The molecule has 0 aliphatic carbocycles. The van der Waals surface area contributed by atoms with Crippen molar-refractivity contribution in [1.82, 2.24) is 14.7 Å². The Morgan fingerprint density at radius 1 is 1.12 bits per heavy atom. The molecule has 1 aromatic heterocycles. The van der Waals surface area contributed by atoms with Gasteiger partial charge in [-0.05, 0) is 56.5 Å². The second kappa shape index (κ2) is 9.92. The average molecular weight is 496 g/mol. The van der Waals surface area contributed by atoms with Crippen molar-refractivity contribution in [3.8, 4) is 5.69 Å². The maximum Gasteiger partial charge on any atom is 0.328 e. The van der Waals surface area contributed by atoms with Crippen molar-refractivity contribution in [1.29, 1.82) is 0 Å². The standard InChI is InChI=1S/C22H26FN3O7S/c1-13-18(9-10-20(27)32-3)14(2)26(24-13)16-7-5-15(6-8-16)21(28)25-12-17(34(23,30)31)11-19(25)22(29)33-4/h5-8,17,19H,9-12H2,1-4H3. The normalized spacial score (nSPS) is 18.1. The number of methoxy groups -OCH3 is 2. The van der Waals surface area contributed by atoms with Gasteiger partial charge in [-0.3, -0.25) is 9.59 Å². The Balaban J connectivity index is 1.83. The van der Waals surface area contributed by atoms with Crippen molar-refractivity contribution in [2.45, 2.75) is 44.4 Å². The van der Waals surface area contributed by atoms with Crippen LogP contribution in [0.5, 0.6) is 0 Å². The molecule has 0 saturated carbocycles. The summed E-state index contributed by atoms with van der Waals surface area (Å²) in [6.07, 6.45) is 0.336. The lowest BCUT2D eigenvalue weighted by Gasteiger charge is -2.22.